The number of methoxy groups -OCH3 is 1. The van der Waals surface area contributed by atoms with Gasteiger partial charge in [0.1, 0.15) is 5.75 Å². The molecule has 1 saturated heterocycles. The first-order valence-electron chi connectivity index (χ1n) is 9.37. The van der Waals surface area contributed by atoms with E-state index in [1.54, 1.807) is 19.2 Å². The molecule has 8 heteroatoms. The molecular weight excluding hydrogens is 392 g/mol. The summed E-state index contributed by atoms with van der Waals surface area (Å²) in [7, 11) is 1.63. The molecule has 1 aliphatic rings. The molecular formula is C21H21ClN4O3. The van der Waals surface area contributed by atoms with Crippen molar-refractivity contribution in [1.29, 1.82) is 0 Å². The molecule has 2 heterocycles. The van der Waals surface area contributed by atoms with Gasteiger partial charge < -0.3 is 14.2 Å². The van der Waals surface area contributed by atoms with Gasteiger partial charge in [0.05, 0.1) is 24.2 Å². The molecule has 7 nitrogen and oxygen atoms in total. The number of piperazine rings is 1. The van der Waals surface area contributed by atoms with E-state index in [4.69, 9.17) is 20.9 Å². The van der Waals surface area contributed by atoms with Crippen LogP contribution in [0.2, 0.25) is 5.02 Å². The minimum atomic E-state index is -0.0309. The number of aromatic nitrogens is 2. The molecule has 29 heavy (non-hydrogen) atoms. The Balaban J connectivity index is 1.33. The zero-order chi connectivity index (χ0) is 20.2. The number of amides is 1. The molecule has 1 amide bonds. The van der Waals surface area contributed by atoms with E-state index in [-0.39, 0.29) is 5.91 Å². The number of hydrogen-bond donors (Lipinski definition) is 0. The van der Waals surface area contributed by atoms with Gasteiger partial charge in [-0.2, -0.15) is 4.98 Å². The Bertz CT molecular complexity index is 982. The van der Waals surface area contributed by atoms with Gasteiger partial charge in [0.25, 0.3) is 11.8 Å². The number of carbonyl (C=O) groups excluding carboxylic acids is 1. The second kappa shape index (κ2) is 8.63. The highest BCUT2D eigenvalue weighted by atomic mass is 35.5. The third kappa shape index (κ3) is 4.41. The van der Waals surface area contributed by atoms with Gasteiger partial charge in [-0.15, -0.1) is 0 Å². The van der Waals surface area contributed by atoms with E-state index in [1.165, 1.54) is 0 Å². The van der Waals surface area contributed by atoms with Gasteiger partial charge in [-0.3, -0.25) is 9.69 Å². The zero-order valence-electron chi connectivity index (χ0n) is 16.0. The Kier molecular flexibility index (Phi) is 5.78. The molecule has 0 aliphatic carbocycles. The van der Waals surface area contributed by atoms with Crippen molar-refractivity contribution in [3.05, 3.63) is 64.9 Å². The Morgan fingerprint density at radius 2 is 1.83 bits per heavy atom. The predicted molar refractivity (Wildman–Crippen MR) is 109 cm³/mol. The van der Waals surface area contributed by atoms with Crippen LogP contribution in [0.25, 0.3) is 11.5 Å². The molecule has 0 radical (unpaired) electrons. The van der Waals surface area contributed by atoms with Crippen molar-refractivity contribution in [2.24, 2.45) is 0 Å². The van der Waals surface area contributed by atoms with Crippen LogP contribution < -0.4 is 4.74 Å². The molecule has 3 aromatic rings. The number of carbonyl (C=O) groups is 1. The van der Waals surface area contributed by atoms with Gasteiger partial charge in [-0.25, -0.2) is 0 Å². The number of ether oxygens (including phenoxy) is 1. The van der Waals surface area contributed by atoms with Crippen molar-refractivity contribution >= 4 is 17.5 Å². The lowest BCUT2D eigenvalue weighted by Gasteiger charge is -2.34. The fourth-order valence-electron chi connectivity index (χ4n) is 3.28. The maximum atomic E-state index is 12.7. The van der Waals surface area contributed by atoms with E-state index >= 15 is 0 Å². The predicted octanol–water partition coefficient (Wildman–Crippen LogP) is 3.36. The van der Waals surface area contributed by atoms with Crippen LogP contribution in [0.15, 0.2) is 53.1 Å². The molecule has 0 spiro atoms. The van der Waals surface area contributed by atoms with E-state index in [1.807, 2.05) is 41.3 Å². The third-order valence-electron chi connectivity index (χ3n) is 4.93. The monoisotopic (exact) mass is 412 g/mol. The molecule has 4 rings (SSSR count). The van der Waals surface area contributed by atoms with Crippen LogP contribution in [0.3, 0.4) is 0 Å². The fraction of sp³-hybridized carbons (Fsp3) is 0.286. The van der Waals surface area contributed by atoms with Gasteiger partial charge in [0, 0.05) is 31.7 Å². The molecule has 0 atom stereocenters. The highest BCUT2D eigenvalue weighted by Crippen LogP contribution is 2.22. The number of nitrogens with zero attached hydrogens (tertiary/aromatic N) is 4. The Morgan fingerprint density at radius 1 is 1.10 bits per heavy atom. The standard InChI is InChI=1S/C21H21ClN4O3/c1-28-16-8-6-15(7-9-16)20-23-19(24-29-20)14-25-10-12-26(13-11-25)21(27)17-4-2-3-5-18(17)22/h2-9H,10-14H2,1H3. The van der Waals surface area contributed by atoms with Gasteiger partial charge in [0.2, 0.25) is 0 Å². The topological polar surface area (TPSA) is 71.7 Å². The van der Waals surface area contributed by atoms with Crippen LogP contribution in [0.1, 0.15) is 16.2 Å². The summed E-state index contributed by atoms with van der Waals surface area (Å²) >= 11 is 6.15. The molecule has 0 N–H and O–H groups in total. The largest absolute Gasteiger partial charge is 0.497 e. The maximum absolute atomic E-state index is 12.7. The van der Waals surface area contributed by atoms with Gasteiger partial charge in [-0.05, 0) is 36.4 Å². The van der Waals surface area contributed by atoms with Crippen molar-refractivity contribution in [2.75, 3.05) is 33.3 Å². The highest BCUT2D eigenvalue weighted by Gasteiger charge is 2.24. The average Bonchev–Trinajstić information content (AvgIpc) is 3.23. The maximum Gasteiger partial charge on any atom is 0.257 e. The van der Waals surface area contributed by atoms with E-state index in [2.05, 4.69) is 15.0 Å². The first-order chi connectivity index (χ1) is 14.1. The number of rotatable bonds is 5. The molecule has 0 bridgehead atoms. The van der Waals surface area contributed by atoms with E-state index < -0.39 is 0 Å². The molecule has 0 unspecified atom stereocenters. The summed E-state index contributed by atoms with van der Waals surface area (Å²) in [6, 6.07) is 14.6. The first-order valence-corrected chi connectivity index (χ1v) is 9.75. The van der Waals surface area contributed by atoms with Crippen LogP contribution in [0.4, 0.5) is 0 Å². The summed E-state index contributed by atoms with van der Waals surface area (Å²) in [5, 5.41) is 4.57. The lowest BCUT2D eigenvalue weighted by Crippen LogP contribution is -2.48. The first kappa shape index (κ1) is 19.4. The van der Waals surface area contributed by atoms with Crippen molar-refractivity contribution in [3.8, 4) is 17.2 Å². The normalized spacial score (nSPS) is 14.8. The van der Waals surface area contributed by atoms with E-state index in [9.17, 15) is 4.79 Å². The molecule has 2 aromatic carbocycles. The lowest BCUT2D eigenvalue weighted by molar-refractivity contribution is 0.0624. The van der Waals surface area contributed by atoms with Gasteiger partial charge in [0.15, 0.2) is 5.82 Å². The molecule has 1 aromatic heterocycles. The summed E-state index contributed by atoms with van der Waals surface area (Å²) in [5.41, 5.74) is 1.39. The SMILES string of the molecule is COc1ccc(-c2nc(CN3CCN(C(=O)c4ccccc4Cl)CC3)no2)cc1. The summed E-state index contributed by atoms with van der Waals surface area (Å²) < 4.78 is 10.6. The summed E-state index contributed by atoms with van der Waals surface area (Å²) in [5.74, 6) is 1.85. The number of benzene rings is 2. The van der Waals surface area contributed by atoms with Crippen molar-refractivity contribution in [1.82, 2.24) is 19.9 Å². The Morgan fingerprint density at radius 3 is 2.52 bits per heavy atom. The summed E-state index contributed by atoms with van der Waals surface area (Å²) in [6.07, 6.45) is 0. The quantitative estimate of drug-likeness (QED) is 0.640. The highest BCUT2D eigenvalue weighted by molar-refractivity contribution is 6.33. The van der Waals surface area contributed by atoms with Crippen LogP contribution in [0, 0.1) is 0 Å². The van der Waals surface area contributed by atoms with Gasteiger partial charge in [-0.1, -0.05) is 28.9 Å². The molecule has 150 valence electrons. The Hall–Kier alpha value is -2.90. The van der Waals surface area contributed by atoms with E-state index in [0.29, 0.717) is 41.9 Å². The summed E-state index contributed by atoms with van der Waals surface area (Å²) in [6.45, 7) is 3.32. The second-order valence-corrected chi connectivity index (χ2v) is 7.20. The average molecular weight is 413 g/mol. The molecule has 0 saturated carbocycles. The van der Waals surface area contributed by atoms with Gasteiger partial charge >= 0.3 is 0 Å². The smallest absolute Gasteiger partial charge is 0.257 e. The zero-order valence-corrected chi connectivity index (χ0v) is 16.8. The van der Waals surface area contributed by atoms with Crippen LogP contribution in [-0.4, -0.2) is 59.1 Å². The second-order valence-electron chi connectivity index (χ2n) is 6.79. The molecule has 1 aliphatic heterocycles. The van der Waals surface area contributed by atoms with Crippen LogP contribution in [0.5, 0.6) is 5.75 Å². The number of halogens is 1. The molecule has 1 fully saturated rings. The van der Waals surface area contributed by atoms with Crippen LogP contribution >= 0.6 is 11.6 Å². The van der Waals surface area contributed by atoms with Crippen molar-refractivity contribution in [3.63, 3.8) is 0 Å². The van der Waals surface area contributed by atoms with Crippen molar-refractivity contribution in [2.45, 2.75) is 6.54 Å². The Labute approximate surface area is 173 Å². The fourth-order valence-corrected chi connectivity index (χ4v) is 3.50. The number of hydrogen-bond acceptors (Lipinski definition) is 6. The lowest BCUT2D eigenvalue weighted by atomic mass is 10.2. The van der Waals surface area contributed by atoms with E-state index in [0.717, 1.165) is 24.4 Å². The van der Waals surface area contributed by atoms with Crippen molar-refractivity contribution < 1.29 is 14.1 Å². The minimum absolute atomic E-state index is 0.0309. The third-order valence-corrected chi connectivity index (χ3v) is 5.26. The summed E-state index contributed by atoms with van der Waals surface area (Å²) in [4.78, 5) is 21.2. The minimum Gasteiger partial charge on any atom is -0.497 e. The van der Waals surface area contributed by atoms with Crippen LogP contribution in [-0.2, 0) is 6.54 Å².